The van der Waals surface area contributed by atoms with Crippen LogP contribution in [0.3, 0.4) is 0 Å². The molecule has 2 aliphatic rings. The fraction of sp³-hybridized carbons (Fsp3) is 0.556. The largest absolute Gasteiger partial charge is 0.352 e. The number of rotatable bonds is 6. The van der Waals surface area contributed by atoms with Gasteiger partial charge < -0.3 is 16.0 Å². The molecular formula is C18H27ClN4O4S. The maximum atomic E-state index is 12.7. The first-order valence-electron chi connectivity index (χ1n) is 9.13. The number of benzene rings is 1. The number of hydrogen-bond acceptors (Lipinski definition) is 5. The highest BCUT2D eigenvalue weighted by Crippen LogP contribution is 2.26. The number of likely N-dealkylation sites (N-methyl/N-ethyl adjacent to an activating group) is 1. The van der Waals surface area contributed by atoms with E-state index in [1.54, 1.807) is 0 Å². The Labute approximate surface area is 171 Å². The van der Waals surface area contributed by atoms with E-state index in [1.807, 2.05) is 0 Å². The van der Waals surface area contributed by atoms with Gasteiger partial charge >= 0.3 is 0 Å². The number of nitrogens with zero attached hydrogens (tertiary/aromatic N) is 1. The van der Waals surface area contributed by atoms with Crippen LogP contribution in [0.4, 0.5) is 5.69 Å². The third kappa shape index (κ3) is 5.44. The van der Waals surface area contributed by atoms with Crippen LogP contribution in [0, 0.1) is 0 Å². The van der Waals surface area contributed by atoms with Crippen LogP contribution in [0.2, 0.25) is 0 Å². The van der Waals surface area contributed by atoms with Gasteiger partial charge in [-0.3, -0.25) is 9.59 Å². The van der Waals surface area contributed by atoms with E-state index in [2.05, 4.69) is 16.0 Å². The minimum Gasteiger partial charge on any atom is -0.352 e. The molecule has 2 unspecified atom stereocenters. The van der Waals surface area contributed by atoms with Crippen molar-refractivity contribution in [3.63, 3.8) is 0 Å². The summed E-state index contributed by atoms with van der Waals surface area (Å²) in [4.78, 5) is 23.4. The SMILES string of the molecule is CC(=O)Nc1ccc(S(=O)(=O)N(C)CC(=O)NC2CC3CCC(C2)N3)cc1.Cl. The molecule has 2 amide bonds. The van der Waals surface area contributed by atoms with Crippen molar-refractivity contribution in [2.75, 3.05) is 18.9 Å². The predicted octanol–water partition coefficient (Wildman–Crippen LogP) is 1.09. The van der Waals surface area contributed by atoms with Crippen molar-refractivity contribution in [3.05, 3.63) is 24.3 Å². The van der Waals surface area contributed by atoms with Gasteiger partial charge in [0.25, 0.3) is 0 Å². The zero-order valence-corrected chi connectivity index (χ0v) is 17.6. The first kappa shape index (κ1) is 22.6. The van der Waals surface area contributed by atoms with Crippen LogP contribution in [0.25, 0.3) is 0 Å². The summed E-state index contributed by atoms with van der Waals surface area (Å²) in [7, 11) is -2.39. The van der Waals surface area contributed by atoms with Gasteiger partial charge in [0.1, 0.15) is 0 Å². The highest BCUT2D eigenvalue weighted by atomic mass is 35.5. The van der Waals surface area contributed by atoms with Gasteiger partial charge in [-0.05, 0) is 49.9 Å². The summed E-state index contributed by atoms with van der Waals surface area (Å²) in [5, 5.41) is 9.07. The summed E-state index contributed by atoms with van der Waals surface area (Å²) in [6.45, 7) is 1.15. The van der Waals surface area contributed by atoms with Gasteiger partial charge in [0.15, 0.2) is 0 Å². The number of sulfonamides is 1. The zero-order valence-electron chi connectivity index (χ0n) is 16.0. The molecule has 2 fully saturated rings. The highest BCUT2D eigenvalue weighted by molar-refractivity contribution is 7.89. The lowest BCUT2D eigenvalue weighted by atomic mass is 10.00. The number of hydrogen-bond donors (Lipinski definition) is 3. The molecule has 156 valence electrons. The molecule has 0 saturated carbocycles. The molecule has 3 rings (SSSR count). The van der Waals surface area contributed by atoms with Crippen LogP contribution in [-0.2, 0) is 19.6 Å². The van der Waals surface area contributed by atoms with Crippen molar-refractivity contribution in [3.8, 4) is 0 Å². The Kier molecular flexibility index (Phi) is 7.44. The van der Waals surface area contributed by atoms with Crippen LogP contribution in [-0.4, -0.2) is 56.3 Å². The molecule has 28 heavy (non-hydrogen) atoms. The van der Waals surface area contributed by atoms with Crippen LogP contribution in [0.1, 0.15) is 32.6 Å². The fourth-order valence-electron chi connectivity index (χ4n) is 3.83. The number of nitrogens with one attached hydrogen (secondary N) is 3. The number of halogens is 1. The van der Waals surface area contributed by atoms with Crippen molar-refractivity contribution in [2.45, 2.75) is 55.6 Å². The van der Waals surface area contributed by atoms with E-state index in [-0.39, 0.29) is 41.7 Å². The van der Waals surface area contributed by atoms with Gasteiger partial charge in [0.05, 0.1) is 11.4 Å². The summed E-state index contributed by atoms with van der Waals surface area (Å²) in [5.41, 5.74) is 0.516. The molecule has 8 nitrogen and oxygen atoms in total. The van der Waals surface area contributed by atoms with Crippen molar-refractivity contribution < 1.29 is 18.0 Å². The molecule has 1 aromatic carbocycles. The third-order valence-electron chi connectivity index (χ3n) is 5.09. The van der Waals surface area contributed by atoms with Crippen LogP contribution < -0.4 is 16.0 Å². The average Bonchev–Trinajstić information content (AvgIpc) is 2.93. The number of fused-ring (bicyclic) bond motifs is 2. The summed E-state index contributed by atoms with van der Waals surface area (Å²) >= 11 is 0. The van der Waals surface area contributed by atoms with Gasteiger partial charge in [-0.1, -0.05) is 0 Å². The van der Waals surface area contributed by atoms with Crippen LogP contribution in [0.5, 0.6) is 0 Å². The average molecular weight is 431 g/mol. The standard InChI is InChI=1S/C18H26N4O4S.ClH/c1-12(23)19-13-5-7-17(8-6-13)27(25,26)22(2)11-18(24)21-16-9-14-3-4-15(10-16)20-14;/h5-8,14-16,20H,3-4,9-11H2,1-2H3,(H,19,23)(H,21,24);1H. The first-order chi connectivity index (χ1) is 12.7. The van der Waals surface area contributed by atoms with Crippen molar-refractivity contribution >= 4 is 39.9 Å². The summed E-state index contributed by atoms with van der Waals surface area (Å²) in [5.74, 6) is -0.520. The second-order valence-electron chi connectivity index (χ2n) is 7.34. The van der Waals surface area contributed by atoms with Crippen LogP contribution in [0.15, 0.2) is 29.2 Å². The topological polar surface area (TPSA) is 108 Å². The van der Waals surface area contributed by atoms with E-state index < -0.39 is 10.0 Å². The molecule has 1 aromatic rings. The van der Waals surface area contributed by atoms with Gasteiger partial charge in [-0.15, -0.1) is 12.4 Å². The second kappa shape index (κ2) is 9.21. The zero-order chi connectivity index (χ0) is 19.6. The first-order valence-corrected chi connectivity index (χ1v) is 10.6. The monoisotopic (exact) mass is 430 g/mol. The smallest absolute Gasteiger partial charge is 0.243 e. The number of amides is 2. The molecule has 2 aliphatic heterocycles. The van der Waals surface area contributed by atoms with E-state index in [9.17, 15) is 18.0 Å². The molecule has 0 radical (unpaired) electrons. The maximum Gasteiger partial charge on any atom is 0.243 e. The second-order valence-corrected chi connectivity index (χ2v) is 9.39. The molecular weight excluding hydrogens is 404 g/mol. The predicted molar refractivity (Wildman–Crippen MR) is 109 cm³/mol. The fourth-order valence-corrected chi connectivity index (χ4v) is 4.96. The van der Waals surface area contributed by atoms with Gasteiger partial charge in [0.2, 0.25) is 21.8 Å². The summed E-state index contributed by atoms with van der Waals surface area (Å²) < 4.78 is 26.4. The number of carbonyl (C=O) groups excluding carboxylic acids is 2. The number of piperidine rings is 1. The Morgan fingerprint density at radius 3 is 2.25 bits per heavy atom. The van der Waals surface area contributed by atoms with Crippen LogP contribution >= 0.6 is 12.4 Å². The quantitative estimate of drug-likeness (QED) is 0.626. The molecule has 3 N–H and O–H groups in total. The maximum absolute atomic E-state index is 12.7. The lowest BCUT2D eigenvalue weighted by Gasteiger charge is -2.30. The van der Waals surface area contributed by atoms with E-state index >= 15 is 0 Å². The van der Waals surface area contributed by atoms with Crippen molar-refractivity contribution in [1.82, 2.24) is 14.9 Å². The molecule has 0 aromatic heterocycles. The Hall–Kier alpha value is -1.68. The van der Waals surface area contributed by atoms with Gasteiger partial charge in [-0.25, -0.2) is 8.42 Å². The van der Waals surface area contributed by atoms with E-state index in [1.165, 1.54) is 38.2 Å². The molecule has 10 heteroatoms. The molecule has 2 saturated heterocycles. The normalized spacial score (nSPS) is 23.8. The van der Waals surface area contributed by atoms with Gasteiger partial charge in [-0.2, -0.15) is 4.31 Å². The minimum atomic E-state index is -3.78. The number of carbonyl (C=O) groups is 2. The lowest BCUT2D eigenvalue weighted by Crippen LogP contribution is -2.50. The molecule has 0 spiro atoms. The molecule has 2 heterocycles. The van der Waals surface area contributed by atoms with Crippen molar-refractivity contribution in [2.24, 2.45) is 0 Å². The molecule has 2 bridgehead atoms. The van der Waals surface area contributed by atoms with E-state index in [0.717, 1.165) is 30.0 Å². The Bertz CT molecular complexity index is 803. The highest BCUT2D eigenvalue weighted by Gasteiger charge is 2.34. The van der Waals surface area contributed by atoms with Gasteiger partial charge in [0, 0.05) is 37.8 Å². The molecule has 0 aliphatic carbocycles. The number of anilines is 1. The lowest BCUT2D eigenvalue weighted by molar-refractivity contribution is -0.122. The van der Waals surface area contributed by atoms with Crippen molar-refractivity contribution in [1.29, 1.82) is 0 Å². The minimum absolute atomic E-state index is 0. The van der Waals surface area contributed by atoms with E-state index in [0.29, 0.717) is 17.8 Å². The Morgan fingerprint density at radius 1 is 1.14 bits per heavy atom. The molecule has 2 atom stereocenters. The Balaban J connectivity index is 0.00000280. The van der Waals surface area contributed by atoms with E-state index in [4.69, 9.17) is 0 Å². The Morgan fingerprint density at radius 2 is 1.71 bits per heavy atom. The summed E-state index contributed by atoms with van der Waals surface area (Å²) in [6, 6.07) is 6.89. The third-order valence-corrected chi connectivity index (χ3v) is 6.90. The summed E-state index contributed by atoms with van der Waals surface area (Å²) in [6.07, 6.45) is 4.06.